The van der Waals surface area contributed by atoms with E-state index in [4.69, 9.17) is 5.73 Å². The van der Waals surface area contributed by atoms with Gasteiger partial charge >= 0.3 is 0 Å². The third-order valence-electron chi connectivity index (χ3n) is 2.55. The lowest BCUT2D eigenvalue weighted by Gasteiger charge is -2.20. The van der Waals surface area contributed by atoms with Gasteiger partial charge in [-0.15, -0.1) is 0 Å². The summed E-state index contributed by atoms with van der Waals surface area (Å²) in [7, 11) is 0. The smallest absolute Gasteiger partial charge is 0.239 e. The molecule has 3 N–H and O–H groups in total. The molecule has 0 aromatic heterocycles. The third kappa shape index (κ3) is 3.61. The quantitative estimate of drug-likeness (QED) is 0.872. The molecule has 0 aliphatic carbocycles. The Balaban J connectivity index is 2.85. The van der Waals surface area contributed by atoms with Crippen molar-refractivity contribution in [3.05, 3.63) is 34.3 Å². The summed E-state index contributed by atoms with van der Waals surface area (Å²) < 4.78 is 0.989. The minimum absolute atomic E-state index is 0.265. The molecule has 0 radical (unpaired) electrons. The first-order chi connectivity index (χ1) is 7.54. The lowest BCUT2D eigenvalue weighted by Crippen LogP contribution is -2.38. The molecule has 1 rings (SSSR count). The number of nitrogens with two attached hydrogens (primary N) is 1. The van der Waals surface area contributed by atoms with Crippen LogP contribution in [0.15, 0.2) is 28.7 Å². The maximum Gasteiger partial charge on any atom is 0.239 e. The predicted octanol–water partition coefficient (Wildman–Crippen LogP) is 2.36. The highest BCUT2D eigenvalue weighted by Crippen LogP contribution is 2.17. The zero-order chi connectivity index (χ0) is 12.1. The summed E-state index contributed by atoms with van der Waals surface area (Å²) in [5.41, 5.74) is 6.30. The van der Waals surface area contributed by atoms with Crippen LogP contribution in [0.3, 0.4) is 0 Å². The van der Waals surface area contributed by atoms with E-state index in [2.05, 4.69) is 28.2 Å². The van der Waals surface area contributed by atoms with E-state index in [1.54, 1.807) is 0 Å². The summed E-state index contributed by atoms with van der Waals surface area (Å²) in [6, 6.07) is 7.46. The molecule has 4 heteroatoms. The largest absolute Gasteiger partial charge is 0.368 e. The number of hydrogen-bond donors (Lipinski definition) is 2. The Morgan fingerprint density at radius 2 is 2.00 bits per heavy atom. The summed E-state index contributed by atoms with van der Waals surface area (Å²) in [5.74, 6) is -0.345. The van der Waals surface area contributed by atoms with Gasteiger partial charge in [-0.05, 0) is 31.0 Å². The van der Waals surface area contributed by atoms with Gasteiger partial charge in [0.15, 0.2) is 0 Å². The molecule has 1 aromatic carbocycles. The molecule has 1 aromatic rings. The van der Waals surface area contributed by atoms with Gasteiger partial charge in [-0.3, -0.25) is 10.1 Å². The number of rotatable bonds is 5. The van der Waals surface area contributed by atoms with Crippen LogP contribution >= 0.6 is 15.9 Å². The predicted molar refractivity (Wildman–Crippen MR) is 69.0 cm³/mol. The van der Waals surface area contributed by atoms with Crippen LogP contribution in [0.2, 0.25) is 0 Å². The lowest BCUT2D eigenvalue weighted by molar-refractivity contribution is -0.120. The molecule has 0 saturated heterocycles. The monoisotopic (exact) mass is 284 g/mol. The SMILES string of the molecule is CCC(C)NC(C(N)=O)c1ccc(Br)cc1. The minimum Gasteiger partial charge on any atom is -0.368 e. The highest BCUT2D eigenvalue weighted by atomic mass is 79.9. The van der Waals surface area contributed by atoms with Crippen LogP contribution < -0.4 is 11.1 Å². The number of hydrogen-bond acceptors (Lipinski definition) is 2. The first-order valence-electron chi connectivity index (χ1n) is 5.35. The molecule has 2 atom stereocenters. The summed E-state index contributed by atoms with van der Waals surface area (Å²) in [6.07, 6.45) is 0.959. The van der Waals surface area contributed by atoms with Crippen molar-refractivity contribution in [2.24, 2.45) is 5.73 Å². The van der Waals surface area contributed by atoms with E-state index in [1.165, 1.54) is 0 Å². The second-order valence-electron chi connectivity index (χ2n) is 3.86. The van der Waals surface area contributed by atoms with Gasteiger partial charge in [0.05, 0.1) is 0 Å². The van der Waals surface area contributed by atoms with E-state index in [1.807, 2.05) is 31.2 Å². The lowest BCUT2D eigenvalue weighted by atomic mass is 10.1. The van der Waals surface area contributed by atoms with Gasteiger partial charge in [-0.2, -0.15) is 0 Å². The Bertz CT molecular complexity index is 351. The molecule has 0 bridgehead atoms. The van der Waals surface area contributed by atoms with Crippen molar-refractivity contribution >= 4 is 21.8 Å². The fraction of sp³-hybridized carbons (Fsp3) is 0.417. The second kappa shape index (κ2) is 6.01. The Hall–Kier alpha value is -0.870. The number of halogens is 1. The van der Waals surface area contributed by atoms with Crippen molar-refractivity contribution in [1.29, 1.82) is 0 Å². The first-order valence-corrected chi connectivity index (χ1v) is 6.14. The number of primary amides is 1. The second-order valence-corrected chi connectivity index (χ2v) is 4.78. The van der Waals surface area contributed by atoms with Crippen LogP contribution in [-0.4, -0.2) is 11.9 Å². The summed E-state index contributed by atoms with van der Waals surface area (Å²) in [4.78, 5) is 11.4. The minimum atomic E-state index is -0.414. The van der Waals surface area contributed by atoms with E-state index in [0.717, 1.165) is 16.5 Å². The van der Waals surface area contributed by atoms with Crippen LogP contribution in [0.4, 0.5) is 0 Å². The fourth-order valence-electron chi connectivity index (χ4n) is 1.40. The molecular weight excluding hydrogens is 268 g/mol. The Morgan fingerprint density at radius 3 is 2.44 bits per heavy atom. The number of carbonyl (C=O) groups is 1. The van der Waals surface area contributed by atoms with Gasteiger partial charge in [0.25, 0.3) is 0 Å². The van der Waals surface area contributed by atoms with E-state index in [0.29, 0.717) is 0 Å². The zero-order valence-corrected chi connectivity index (χ0v) is 11.1. The van der Waals surface area contributed by atoms with Gasteiger partial charge < -0.3 is 5.73 Å². The van der Waals surface area contributed by atoms with Crippen LogP contribution in [0.25, 0.3) is 0 Å². The van der Waals surface area contributed by atoms with Crippen LogP contribution in [0.5, 0.6) is 0 Å². The molecule has 0 aliphatic heterocycles. The summed E-state index contributed by atoms with van der Waals surface area (Å²) >= 11 is 3.36. The van der Waals surface area contributed by atoms with Gasteiger partial charge in [-0.25, -0.2) is 0 Å². The van der Waals surface area contributed by atoms with E-state index >= 15 is 0 Å². The van der Waals surface area contributed by atoms with Crippen LogP contribution in [-0.2, 0) is 4.79 Å². The average molecular weight is 285 g/mol. The summed E-state index contributed by atoms with van der Waals surface area (Å²) in [6.45, 7) is 4.10. The van der Waals surface area contributed by atoms with Crippen molar-refractivity contribution < 1.29 is 4.79 Å². The maximum absolute atomic E-state index is 11.4. The fourth-order valence-corrected chi connectivity index (χ4v) is 1.66. The van der Waals surface area contributed by atoms with Crippen molar-refractivity contribution in [3.8, 4) is 0 Å². The van der Waals surface area contributed by atoms with Crippen molar-refractivity contribution in [3.63, 3.8) is 0 Å². The molecule has 0 fully saturated rings. The van der Waals surface area contributed by atoms with Gasteiger partial charge in [0.2, 0.25) is 5.91 Å². The molecule has 2 unspecified atom stereocenters. The van der Waals surface area contributed by atoms with E-state index in [9.17, 15) is 4.79 Å². The molecule has 0 spiro atoms. The van der Waals surface area contributed by atoms with E-state index < -0.39 is 6.04 Å². The Morgan fingerprint density at radius 1 is 1.44 bits per heavy atom. The number of benzene rings is 1. The highest BCUT2D eigenvalue weighted by Gasteiger charge is 2.18. The first kappa shape index (κ1) is 13.2. The molecule has 1 amide bonds. The van der Waals surface area contributed by atoms with Crippen molar-refractivity contribution in [2.45, 2.75) is 32.4 Å². The maximum atomic E-state index is 11.4. The molecule has 0 saturated carbocycles. The highest BCUT2D eigenvalue weighted by molar-refractivity contribution is 9.10. The third-order valence-corrected chi connectivity index (χ3v) is 3.08. The van der Waals surface area contributed by atoms with Gasteiger partial charge in [0, 0.05) is 10.5 Å². The van der Waals surface area contributed by atoms with Gasteiger partial charge in [0.1, 0.15) is 6.04 Å². The molecule has 16 heavy (non-hydrogen) atoms. The average Bonchev–Trinajstić information content (AvgIpc) is 2.26. The van der Waals surface area contributed by atoms with E-state index in [-0.39, 0.29) is 11.9 Å². The van der Waals surface area contributed by atoms with Crippen molar-refractivity contribution in [2.75, 3.05) is 0 Å². The topological polar surface area (TPSA) is 55.1 Å². The standard InChI is InChI=1S/C12H17BrN2O/c1-3-8(2)15-11(12(14)16)9-4-6-10(13)7-5-9/h4-8,11,15H,3H2,1-2H3,(H2,14,16). The normalized spacial score (nSPS) is 14.4. The molecular formula is C12H17BrN2O. The summed E-state index contributed by atoms with van der Waals surface area (Å²) in [5, 5.41) is 3.21. The molecule has 88 valence electrons. The molecule has 3 nitrogen and oxygen atoms in total. The van der Waals surface area contributed by atoms with Crippen LogP contribution in [0, 0.1) is 0 Å². The van der Waals surface area contributed by atoms with Crippen LogP contribution in [0.1, 0.15) is 31.9 Å². The Kier molecular flexibility index (Phi) is 4.96. The van der Waals surface area contributed by atoms with Crippen molar-refractivity contribution in [1.82, 2.24) is 5.32 Å². The molecule has 0 aliphatic rings. The zero-order valence-electron chi connectivity index (χ0n) is 9.53. The van der Waals surface area contributed by atoms with Gasteiger partial charge in [-0.1, -0.05) is 35.0 Å². The number of nitrogens with one attached hydrogen (secondary N) is 1. The molecule has 0 heterocycles. The Labute approximate surface area is 105 Å². The number of amides is 1. The number of carbonyl (C=O) groups excluding carboxylic acids is 1.